The summed E-state index contributed by atoms with van der Waals surface area (Å²) in [6.07, 6.45) is 3.98. The van der Waals surface area contributed by atoms with Gasteiger partial charge in [-0.15, -0.1) is 0 Å². The SMILES string of the molecule is CC(=O)N1CCc2ccc(NC(=O)c3cncc(Br)c3)cc21. The maximum atomic E-state index is 12.2. The highest BCUT2D eigenvalue weighted by Gasteiger charge is 2.22. The largest absolute Gasteiger partial charge is 0.322 e. The maximum absolute atomic E-state index is 12.2. The molecule has 1 aromatic heterocycles. The van der Waals surface area contributed by atoms with Gasteiger partial charge in [0.25, 0.3) is 5.91 Å². The second-order valence-electron chi connectivity index (χ2n) is 5.11. The highest BCUT2D eigenvalue weighted by atomic mass is 79.9. The molecule has 0 aliphatic carbocycles. The molecule has 0 saturated carbocycles. The van der Waals surface area contributed by atoms with Crippen LogP contribution in [0.1, 0.15) is 22.8 Å². The third-order valence-electron chi connectivity index (χ3n) is 3.59. The van der Waals surface area contributed by atoms with Crippen LogP contribution in [-0.2, 0) is 11.2 Å². The molecule has 2 heterocycles. The Labute approximate surface area is 136 Å². The van der Waals surface area contributed by atoms with Gasteiger partial charge in [-0.1, -0.05) is 6.07 Å². The van der Waals surface area contributed by atoms with Crippen molar-refractivity contribution in [3.63, 3.8) is 0 Å². The van der Waals surface area contributed by atoms with Gasteiger partial charge in [0.15, 0.2) is 0 Å². The molecule has 0 atom stereocenters. The lowest BCUT2D eigenvalue weighted by molar-refractivity contribution is -0.116. The topological polar surface area (TPSA) is 62.3 Å². The van der Waals surface area contributed by atoms with E-state index >= 15 is 0 Å². The van der Waals surface area contributed by atoms with Crippen LogP contribution >= 0.6 is 15.9 Å². The molecule has 5 nitrogen and oxygen atoms in total. The average Bonchev–Trinajstić information content (AvgIpc) is 2.90. The van der Waals surface area contributed by atoms with Crippen LogP contribution in [0.2, 0.25) is 0 Å². The Bertz CT molecular complexity index is 761. The van der Waals surface area contributed by atoms with Gasteiger partial charge in [0.1, 0.15) is 0 Å². The Hall–Kier alpha value is -2.21. The van der Waals surface area contributed by atoms with Gasteiger partial charge in [-0.3, -0.25) is 14.6 Å². The molecule has 0 saturated heterocycles. The molecule has 1 aromatic carbocycles. The van der Waals surface area contributed by atoms with E-state index in [1.165, 1.54) is 6.20 Å². The fourth-order valence-corrected chi connectivity index (χ4v) is 2.89. The van der Waals surface area contributed by atoms with E-state index in [0.717, 1.165) is 22.1 Å². The lowest BCUT2D eigenvalue weighted by Gasteiger charge is -2.15. The van der Waals surface area contributed by atoms with Gasteiger partial charge in [-0.25, -0.2) is 0 Å². The van der Waals surface area contributed by atoms with Crippen LogP contribution in [0.3, 0.4) is 0 Å². The summed E-state index contributed by atoms with van der Waals surface area (Å²) in [5.41, 5.74) is 3.13. The Kier molecular flexibility index (Phi) is 3.94. The molecule has 0 unspecified atom stereocenters. The minimum absolute atomic E-state index is 0.0124. The molecule has 1 aliphatic heterocycles. The molecule has 6 heteroatoms. The molecule has 0 fully saturated rings. The molecule has 2 aromatic rings. The lowest BCUT2D eigenvalue weighted by atomic mass is 10.1. The first-order valence-electron chi connectivity index (χ1n) is 6.87. The van der Waals surface area contributed by atoms with E-state index in [4.69, 9.17) is 0 Å². The number of carbonyl (C=O) groups excluding carboxylic acids is 2. The third-order valence-corrected chi connectivity index (χ3v) is 4.02. The van der Waals surface area contributed by atoms with Crippen LogP contribution in [0.15, 0.2) is 41.1 Å². The summed E-state index contributed by atoms with van der Waals surface area (Å²) in [6.45, 7) is 2.24. The Morgan fingerprint density at radius 1 is 1.27 bits per heavy atom. The fraction of sp³-hybridized carbons (Fsp3) is 0.188. The minimum atomic E-state index is -0.235. The Balaban J connectivity index is 1.83. The number of amides is 2. The minimum Gasteiger partial charge on any atom is -0.322 e. The van der Waals surface area contributed by atoms with E-state index in [-0.39, 0.29) is 11.8 Å². The van der Waals surface area contributed by atoms with Gasteiger partial charge in [-0.05, 0) is 46.1 Å². The summed E-state index contributed by atoms with van der Waals surface area (Å²) in [7, 11) is 0. The molecular formula is C16H14BrN3O2. The third kappa shape index (κ3) is 2.87. The summed E-state index contributed by atoms with van der Waals surface area (Å²) < 4.78 is 0.747. The molecule has 112 valence electrons. The number of halogens is 1. The van der Waals surface area contributed by atoms with Crippen molar-refractivity contribution >= 4 is 39.1 Å². The van der Waals surface area contributed by atoms with Crippen molar-refractivity contribution in [1.82, 2.24) is 4.98 Å². The van der Waals surface area contributed by atoms with Crippen LogP contribution in [0, 0.1) is 0 Å². The zero-order valence-electron chi connectivity index (χ0n) is 12.0. The molecule has 1 aliphatic rings. The van der Waals surface area contributed by atoms with Gasteiger partial charge in [0.2, 0.25) is 5.91 Å². The predicted octanol–water partition coefficient (Wildman–Crippen LogP) is 3.01. The Morgan fingerprint density at radius 3 is 2.82 bits per heavy atom. The molecule has 22 heavy (non-hydrogen) atoms. The van der Waals surface area contributed by atoms with Crippen molar-refractivity contribution in [3.8, 4) is 0 Å². The van der Waals surface area contributed by atoms with Crippen LogP contribution < -0.4 is 10.2 Å². The fourth-order valence-electron chi connectivity index (χ4n) is 2.52. The van der Waals surface area contributed by atoms with Gasteiger partial charge in [0, 0.05) is 41.7 Å². The van der Waals surface area contributed by atoms with Crippen LogP contribution in [0.4, 0.5) is 11.4 Å². The first-order valence-corrected chi connectivity index (χ1v) is 7.67. The molecule has 3 rings (SSSR count). The van der Waals surface area contributed by atoms with E-state index in [1.54, 1.807) is 24.1 Å². The second-order valence-corrected chi connectivity index (χ2v) is 6.03. The molecule has 1 N–H and O–H groups in total. The van der Waals surface area contributed by atoms with Gasteiger partial charge in [0.05, 0.1) is 5.56 Å². The van der Waals surface area contributed by atoms with Crippen LogP contribution in [0.25, 0.3) is 0 Å². The number of hydrogen-bond acceptors (Lipinski definition) is 3. The average molecular weight is 360 g/mol. The number of aromatic nitrogens is 1. The number of fused-ring (bicyclic) bond motifs is 1. The number of carbonyl (C=O) groups is 2. The predicted molar refractivity (Wildman–Crippen MR) is 88.1 cm³/mol. The van der Waals surface area contributed by atoms with E-state index in [2.05, 4.69) is 26.2 Å². The van der Waals surface area contributed by atoms with Crippen LogP contribution in [-0.4, -0.2) is 23.3 Å². The number of pyridine rings is 1. The Morgan fingerprint density at radius 2 is 2.09 bits per heavy atom. The molecule has 0 spiro atoms. The van der Waals surface area contributed by atoms with Crippen molar-refractivity contribution in [2.45, 2.75) is 13.3 Å². The molecule has 0 bridgehead atoms. The first kappa shape index (κ1) is 14.7. The first-order chi connectivity index (χ1) is 10.5. The van der Waals surface area contributed by atoms with Crippen LogP contribution in [0.5, 0.6) is 0 Å². The van der Waals surface area contributed by atoms with E-state index in [0.29, 0.717) is 17.8 Å². The van der Waals surface area contributed by atoms with E-state index in [9.17, 15) is 9.59 Å². The van der Waals surface area contributed by atoms with Gasteiger partial charge < -0.3 is 10.2 Å². The second kappa shape index (κ2) is 5.88. The van der Waals surface area contributed by atoms with E-state index < -0.39 is 0 Å². The van der Waals surface area contributed by atoms with Crippen molar-refractivity contribution in [1.29, 1.82) is 0 Å². The monoisotopic (exact) mass is 359 g/mol. The summed E-state index contributed by atoms with van der Waals surface area (Å²) in [5.74, 6) is -0.223. The molecule has 2 amide bonds. The van der Waals surface area contributed by atoms with Crippen molar-refractivity contribution in [2.24, 2.45) is 0 Å². The number of hydrogen-bond donors (Lipinski definition) is 1. The number of nitrogens with one attached hydrogen (secondary N) is 1. The van der Waals surface area contributed by atoms with Crippen molar-refractivity contribution in [2.75, 3.05) is 16.8 Å². The number of benzene rings is 1. The quantitative estimate of drug-likeness (QED) is 0.896. The molecular weight excluding hydrogens is 346 g/mol. The normalized spacial score (nSPS) is 12.9. The zero-order valence-corrected chi connectivity index (χ0v) is 13.6. The van der Waals surface area contributed by atoms with Gasteiger partial charge in [-0.2, -0.15) is 0 Å². The summed E-state index contributed by atoms with van der Waals surface area (Å²) in [5, 5.41) is 2.84. The maximum Gasteiger partial charge on any atom is 0.257 e. The highest BCUT2D eigenvalue weighted by molar-refractivity contribution is 9.10. The van der Waals surface area contributed by atoms with Crippen molar-refractivity contribution in [3.05, 3.63) is 52.3 Å². The van der Waals surface area contributed by atoms with Crippen molar-refractivity contribution < 1.29 is 9.59 Å². The standard InChI is InChI=1S/C16H14BrN3O2/c1-10(21)20-5-4-11-2-3-14(7-15(11)20)19-16(22)12-6-13(17)9-18-8-12/h2-3,6-9H,4-5H2,1H3,(H,19,22). The summed E-state index contributed by atoms with van der Waals surface area (Å²) >= 11 is 3.29. The highest BCUT2D eigenvalue weighted by Crippen LogP contribution is 2.31. The number of anilines is 2. The summed E-state index contributed by atoms with van der Waals surface area (Å²) in [6, 6.07) is 7.35. The lowest BCUT2D eigenvalue weighted by Crippen LogP contribution is -2.25. The zero-order chi connectivity index (χ0) is 15.7. The summed E-state index contributed by atoms with van der Waals surface area (Å²) in [4.78, 5) is 29.6. The number of nitrogens with zero attached hydrogens (tertiary/aromatic N) is 2. The van der Waals surface area contributed by atoms with Gasteiger partial charge >= 0.3 is 0 Å². The molecule has 0 radical (unpaired) electrons. The number of rotatable bonds is 2. The van der Waals surface area contributed by atoms with E-state index in [1.807, 2.05) is 18.2 Å². The smallest absolute Gasteiger partial charge is 0.257 e.